The molecule has 0 atom stereocenters. The molecule has 0 bridgehead atoms. The molecule has 2 aromatic heterocycles. The monoisotopic (exact) mass is 209 g/mol. The number of aryl methyl sites for hydroxylation is 2. The first-order chi connectivity index (χ1) is 6.66. The van der Waals surface area contributed by atoms with Gasteiger partial charge in [-0.25, -0.2) is 9.97 Å². The summed E-state index contributed by atoms with van der Waals surface area (Å²) in [5, 5.41) is 4.23. The van der Waals surface area contributed by atoms with E-state index in [0.29, 0.717) is 11.6 Å². The standard InChI is InChI=1S/C8H8ClN5/c1-5-11-7(13-8(9)12-5)6-3-4-10-14(6)2/h3-4H,1-2H3. The predicted octanol–water partition coefficient (Wildman–Crippen LogP) is 1.23. The molecule has 2 rings (SSSR count). The van der Waals surface area contributed by atoms with Crippen molar-refractivity contribution in [3.8, 4) is 11.5 Å². The van der Waals surface area contributed by atoms with Crippen molar-refractivity contribution < 1.29 is 0 Å². The van der Waals surface area contributed by atoms with Crippen molar-refractivity contribution in [1.29, 1.82) is 0 Å². The zero-order valence-corrected chi connectivity index (χ0v) is 8.52. The molecule has 0 amide bonds. The molecular formula is C8H8ClN5. The molecule has 6 heteroatoms. The van der Waals surface area contributed by atoms with Gasteiger partial charge in [-0.05, 0) is 24.6 Å². The Labute approximate surface area is 85.8 Å². The highest BCUT2D eigenvalue weighted by molar-refractivity contribution is 6.28. The SMILES string of the molecule is Cc1nc(Cl)nc(-c2ccnn2C)n1. The second-order valence-electron chi connectivity index (χ2n) is 2.82. The Kier molecular flexibility index (Phi) is 2.17. The Bertz CT molecular complexity index is 444. The van der Waals surface area contributed by atoms with Crippen molar-refractivity contribution in [3.05, 3.63) is 23.4 Å². The zero-order chi connectivity index (χ0) is 10.1. The van der Waals surface area contributed by atoms with Gasteiger partial charge < -0.3 is 0 Å². The summed E-state index contributed by atoms with van der Waals surface area (Å²) in [5.41, 5.74) is 0.817. The first kappa shape index (κ1) is 9.08. The van der Waals surface area contributed by atoms with Gasteiger partial charge in [0.25, 0.3) is 0 Å². The van der Waals surface area contributed by atoms with E-state index in [1.54, 1.807) is 17.8 Å². The highest BCUT2D eigenvalue weighted by Crippen LogP contribution is 2.14. The Balaban J connectivity index is 2.57. The van der Waals surface area contributed by atoms with E-state index in [4.69, 9.17) is 11.6 Å². The van der Waals surface area contributed by atoms with Gasteiger partial charge in [-0.1, -0.05) is 0 Å². The van der Waals surface area contributed by atoms with Gasteiger partial charge in [0.1, 0.15) is 11.5 Å². The number of hydrogen-bond acceptors (Lipinski definition) is 4. The molecule has 0 aromatic carbocycles. The van der Waals surface area contributed by atoms with E-state index in [0.717, 1.165) is 5.69 Å². The fraction of sp³-hybridized carbons (Fsp3) is 0.250. The van der Waals surface area contributed by atoms with E-state index >= 15 is 0 Å². The van der Waals surface area contributed by atoms with E-state index < -0.39 is 0 Å². The summed E-state index contributed by atoms with van der Waals surface area (Å²) in [6, 6.07) is 1.82. The second-order valence-corrected chi connectivity index (χ2v) is 3.15. The minimum absolute atomic E-state index is 0.203. The summed E-state index contributed by atoms with van der Waals surface area (Å²) >= 11 is 5.73. The molecule has 0 saturated carbocycles. The summed E-state index contributed by atoms with van der Waals surface area (Å²) in [6.45, 7) is 1.77. The van der Waals surface area contributed by atoms with Crippen LogP contribution in [-0.2, 0) is 7.05 Å². The van der Waals surface area contributed by atoms with Crippen molar-refractivity contribution >= 4 is 11.6 Å². The van der Waals surface area contributed by atoms with E-state index in [1.165, 1.54) is 0 Å². The second kappa shape index (κ2) is 3.34. The summed E-state index contributed by atoms with van der Waals surface area (Å²) in [6.07, 6.45) is 1.68. The normalized spacial score (nSPS) is 10.5. The quantitative estimate of drug-likeness (QED) is 0.709. The van der Waals surface area contributed by atoms with Crippen LogP contribution < -0.4 is 0 Å². The van der Waals surface area contributed by atoms with Crippen molar-refractivity contribution in [2.75, 3.05) is 0 Å². The molecule has 0 aliphatic carbocycles. The molecule has 0 radical (unpaired) electrons. The topological polar surface area (TPSA) is 56.5 Å². The molecule has 0 N–H and O–H groups in total. The van der Waals surface area contributed by atoms with Crippen LogP contribution >= 0.6 is 11.6 Å². The van der Waals surface area contributed by atoms with Gasteiger partial charge in [0, 0.05) is 13.2 Å². The minimum Gasteiger partial charge on any atom is -0.265 e. The molecule has 0 aliphatic rings. The van der Waals surface area contributed by atoms with Gasteiger partial charge in [0.2, 0.25) is 5.28 Å². The number of rotatable bonds is 1. The maximum atomic E-state index is 5.73. The Morgan fingerprint density at radius 2 is 2.07 bits per heavy atom. The number of aromatic nitrogens is 5. The van der Waals surface area contributed by atoms with E-state index in [2.05, 4.69) is 20.1 Å². The van der Waals surface area contributed by atoms with Crippen LogP contribution in [0.4, 0.5) is 0 Å². The summed E-state index contributed by atoms with van der Waals surface area (Å²) in [4.78, 5) is 12.1. The maximum absolute atomic E-state index is 5.73. The van der Waals surface area contributed by atoms with E-state index in [1.807, 2.05) is 13.1 Å². The van der Waals surface area contributed by atoms with Crippen LogP contribution in [0.15, 0.2) is 12.3 Å². The predicted molar refractivity (Wildman–Crippen MR) is 51.8 cm³/mol. The lowest BCUT2D eigenvalue weighted by Gasteiger charge is -2.01. The Morgan fingerprint density at radius 3 is 2.64 bits per heavy atom. The fourth-order valence-corrected chi connectivity index (χ4v) is 1.36. The molecule has 0 unspecified atom stereocenters. The highest BCUT2D eigenvalue weighted by Gasteiger charge is 2.07. The van der Waals surface area contributed by atoms with Crippen LogP contribution in [-0.4, -0.2) is 24.7 Å². The third-order valence-electron chi connectivity index (χ3n) is 1.77. The van der Waals surface area contributed by atoms with Crippen molar-refractivity contribution in [1.82, 2.24) is 24.7 Å². The lowest BCUT2D eigenvalue weighted by atomic mass is 10.4. The smallest absolute Gasteiger partial charge is 0.226 e. The summed E-state index contributed by atoms with van der Waals surface area (Å²) in [7, 11) is 1.82. The lowest BCUT2D eigenvalue weighted by Crippen LogP contribution is -2.00. The van der Waals surface area contributed by atoms with E-state index in [-0.39, 0.29) is 5.28 Å². The Hall–Kier alpha value is -1.49. The molecule has 2 heterocycles. The molecule has 0 fully saturated rings. The molecule has 2 aromatic rings. The van der Waals surface area contributed by atoms with Crippen molar-refractivity contribution in [3.63, 3.8) is 0 Å². The largest absolute Gasteiger partial charge is 0.265 e. The summed E-state index contributed by atoms with van der Waals surface area (Å²) in [5.74, 6) is 1.14. The number of halogens is 1. The molecular weight excluding hydrogens is 202 g/mol. The van der Waals surface area contributed by atoms with E-state index in [9.17, 15) is 0 Å². The van der Waals surface area contributed by atoms with Crippen LogP contribution in [0, 0.1) is 6.92 Å². The molecule has 14 heavy (non-hydrogen) atoms. The Morgan fingerprint density at radius 1 is 1.29 bits per heavy atom. The third-order valence-corrected chi connectivity index (χ3v) is 1.94. The van der Waals surface area contributed by atoms with Crippen molar-refractivity contribution in [2.24, 2.45) is 7.05 Å². The first-order valence-electron chi connectivity index (χ1n) is 4.03. The van der Waals surface area contributed by atoms with Gasteiger partial charge in [-0.2, -0.15) is 10.1 Å². The molecule has 0 saturated heterocycles. The third kappa shape index (κ3) is 1.58. The van der Waals surface area contributed by atoms with Crippen LogP contribution in [0.3, 0.4) is 0 Å². The average molecular weight is 210 g/mol. The van der Waals surface area contributed by atoms with Crippen LogP contribution in [0.25, 0.3) is 11.5 Å². The van der Waals surface area contributed by atoms with Gasteiger partial charge in [-0.3, -0.25) is 4.68 Å². The molecule has 72 valence electrons. The van der Waals surface area contributed by atoms with Crippen LogP contribution in [0.5, 0.6) is 0 Å². The van der Waals surface area contributed by atoms with Gasteiger partial charge in [0.15, 0.2) is 5.82 Å². The number of nitrogens with zero attached hydrogens (tertiary/aromatic N) is 5. The van der Waals surface area contributed by atoms with Gasteiger partial charge in [-0.15, -0.1) is 0 Å². The zero-order valence-electron chi connectivity index (χ0n) is 7.77. The van der Waals surface area contributed by atoms with Crippen LogP contribution in [0.1, 0.15) is 5.82 Å². The minimum atomic E-state index is 0.203. The van der Waals surface area contributed by atoms with Crippen molar-refractivity contribution in [2.45, 2.75) is 6.92 Å². The average Bonchev–Trinajstić information content (AvgIpc) is 2.49. The van der Waals surface area contributed by atoms with Crippen LogP contribution in [0.2, 0.25) is 5.28 Å². The highest BCUT2D eigenvalue weighted by atomic mass is 35.5. The molecule has 0 spiro atoms. The molecule has 0 aliphatic heterocycles. The first-order valence-corrected chi connectivity index (χ1v) is 4.41. The summed E-state index contributed by atoms with van der Waals surface area (Å²) < 4.78 is 1.69. The number of hydrogen-bond donors (Lipinski definition) is 0. The lowest BCUT2D eigenvalue weighted by molar-refractivity contribution is 0.767. The fourth-order valence-electron chi connectivity index (χ4n) is 1.16. The maximum Gasteiger partial charge on any atom is 0.226 e. The van der Waals surface area contributed by atoms with Gasteiger partial charge in [0.05, 0.1) is 0 Å². The molecule has 5 nitrogen and oxygen atoms in total. The van der Waals surface area contributed by atoms with Gasteiger partial charge >= 0.3 is 0 Å².